The molecule has 0 saturated carbocycles. The van der Waals surface area contributed by atoms with E-state index in [1.54, 1.807) is 12.1 Å². The highest BCUT2D eigenvalue weighted by Crippen LogP contribution is 2.13. The third-order valence-electron chi connectivity index (χ3n) is 3.43. The minimum absolute atomic E-state index is 0.0154. The predicted octanol–water partition coefficient (Wildman–Crippen LogP) is 3.66. The van der Waals surface area contributed by atoms with Crippen LogP contribution >= 0.6 is 0 Å². The molecule has 0 aromatic heterocycles. The molecule has 0 aliphatic carbocycles. The molecule has 24 heavy (non-hydrogen) atoms. The Bertz CT molecular complexity index is 575. The molecule has 5 nitrogen and oxygen atoms in total. The Morgan fingerprint density at radius 3 is 1.88 bits per heavy atom. The van der Waals surface area contributed by atoms with Crippen LogP contribution in [0.15, 0.2) is 24.3 Å². The van der Waals surface area contributed by atoms with Crippen molar-refractivity contribution in [2.24, 2.45) is 11.8 Å². The van der Waals surface area contributed by atoms with Crippen LogP contribution in [0, 0.1) is 11.8 Å². The molecule has 0 bridgehead atoms. The number of rotatable bonds is 9. The molecule has 0 N–H and O–H groups in total. The van der Waals surface area contributed by atoms with Crippen molar-refractivity contribution in [3.8, 4) is 0 Å². The lowest BCUT2D eigenvalue weighted by atomic mass is 10.0. The highest BCUT2D eigenvalue weighted by Gasteiger charge is 2.24. The van der Waals surface area contributed by atoms with Gasteiger partial charge in [-0.15, -0.1) is 0 Å². The maximum Gasteiger partial charge on any atom is 0.379 e. The van der Waals surface area contributed by atoms with Gasteiger partial charge in [-0.1, -0.05) is 39.8 Å². The summed E-state index contributed by atoms with van der Waals surface area (Å²) >= 11 is 0. The van der Waals surface area contributed by atoms with E-state index in [-0.39, 0.29) is 24.3 Å². The second-order valence-corrected chi connectivity index (χ2v) is 6.51. The maximum atomic E-state index is 12.2. The van der Waals surface area contributed by atoms with Gasteiger partial charge < -0.3 is 9.47 Å². The van der Waals surface area contributed by atoms with Gasteiger partial charge in [-0.25, -0.2) is 9.59 Å². The number of ether oxygens (including phenoxy) is 2. The Labute approximate surface area is 143 Å². The third-order valence-corrected chi connectivity index (χ3v) is 3.43. The molecule has 0 fully saturated rings. The fourth-order valence-corrected chi connectivity index (χ4v) is 1.89. The van der Waals surface area contributed by atoms with Gasteiger partial charge in [0.2, 0.25) is 0 Å². The molecule has 0 aliphatic rings. The molecule has 0 atom stereocenters. The van der Waals surface area contributed by atoms with E-state index in [0.29, 0.717) is 18.3 Å². The van der Waals surface area contributed by atoms with Crippen LogP contribution in [0.5, 0.6) is 0 Å². The van der Waals surface area contributed by atoms with Crippen LogP contribution < -0.4 is 0 Å². The second-order valence-electron chi connectivity index (χ2n) is 6.51. The Morgan fingerprint density at radius 1 is 0.833 bits per heavy atom. The summed E-state index contributed by atoms with van der Waals surface area (Å²) in [5, 5.41) is 0. The van der Waals surface area contributed by atoms with Crippen LogP contribution in [-0.2, 0) is 14.3 Å². The van der Waals surface area contributed by atoms with Crippen molar-refractivity contribution in [3.63, 3.8) is 0 Å². The molecule has 5 heteroatoms. The van der Waals surface area contributed by atoms with Crippen LogP contribution in [0.25, 0.3) is 0 Å². The molecule has 1 rings (SSSR count). The summed E-state index contributed by atoms with van der Waals surface area (Å²) in [5.41, 5.74) is 0.105. The SMILES string of the molecule is CC(C)CCOC(=O)C(=O)c1ccccc1C(=O)OCCC(C)C. The van der Waals surface area contributed by atoms with Crippen LogP contribution in [0.1, 0.15) is 61.3 Å². The molecule has 132 valence electrons. The summed E-state index contributed by atoms with van der Waals surface area (Å²) in [4.78, 5) is 36.3. The minimum Gasteiger partial charge on any atom is -0.462 e. The monoisotopic (exact) mass is 334 g/mol. The summed E-state index contributed by atoms with van der Waals surface area (Å²) in [6, 6.07) is 6.14. The van der Waals surface area contributed by atoms with Gasteiger partial charge >= 0.3 is 11.9 Å². The topological polar surface area (TPSA) is 69.7 Å². The largest absolute Gasteiger partial charge is 0.462 e. The van der Waals surface area contributed by atoms with Gasteiger partial charge in [-0.05, 0) is 36.8 Å². The summed E-state index contributed by atoms with van der Waals surface area (Å²) < 4.78 is 10.2. The number of benzene rings is 1. The number of carbonyl (C=O) groups excluding carboxylic acids is 3. The van der Waals surface area contributed by atoms with Gasteiger partial charge in [-0.2, -0.15) is 0 Å². The lowest BCUT2D eigenvalue weighted by molar-refractivity contribution is -0.138. The maximum absolute atomic E-state index is 12.2. The molecule has 1 aromatic carbocycles. The van der Waals surface area contributed by atoms with Gasteiger partial charge in [0.05, 0.1) is 18.8 Å². The summed E-state index contributed by atoms with van der Waals surface area (Å²) in [6.07, 6.45) is 1.41. The Morgan fingerprint density at radius 2 is 1.33 bits per heavy atom. The quantitative estimate of drug-likeness (QED) is 0.391. The van der Waals surface area contributed by atoms with Crippen molar-refractivity contribution in [1.29, 1.82) is 0 Å². The van der Waals surface area contributed by atoms with Crippen molar-refractivity contribution >= 4 is 17.7 Å². The first-order valence-corrected chi connectivity index (χ1v) is 8.30. The lowest BCUT2D eigenvalue weighted by Crippen LogP contribution is -2.22. The van der Waals surface area contributed by atoms with Crippen LogP contribution in [0.4, 0.5) is 0 Å². The van der Waals surface area contributed by atoms with Gasteiger partial charge in [-0.3, -0.25) is 4.79 Å². The molecule has 0 radical (unpaired) electrons. The first kappa shape index (κ1) is 19.9. The molecule has 0 aliphatic heterocycles. The number of ketones is 1. The van der Waals surface area contributed by atoms with Gasteiger partial charge in [0.15, 0.2) is 0 Å². The van der Waals surface area contributed by atoms with Crippen molar-refractivity contribution in [2.45, 2.75) is 40.5 Å². The average molecular weight is 334 g/mol. The number of carbonyl (C=O) groups is 3. The predicted molar refractivity (Wildman–Crippen MR) is 90.9 cm³/mol. The smallest absolute Gasteiger partial charge is 0.379 e. The zero-order valence-corrected chi connectivity index (χ0v) is 14.8. The highest BCUT2D eigenvalue weighted by molar-refractivity contribution is 6.41. The van der Waals surface area contributed by atoms with E-state index in [1.165, 1.54) is 12.1 Å². The normalized spacial score (nSPS) is 10.8. The highest BCUT2D eigenvalue weighted by atomic mass is 16.5. The first-order valence-electron chi connectivity index (χ1n) is 8.30. The summed E-state index contributed by atoms with van der Waals surface area (Å²) in [6.45, 7) is 8.51. The molecule has 0 saturated heterocycles. The summed E-state index contributed by atoms with van der Waals surface area (Å²) in [7, 11) is 0. The van der Waals surface area contributed by atoms with E-state index in [1.807, 2.05) is 27.7 Å². The van der Waals surface area contributed by atoms with E-state index in [4.69, 9.17) is 9.47 Å². The molecule has 0 amide bonds. The van der Waals surface area contributed by atoms with Gasteiger partial charge in [0.25, 0.3) is 5.78 Å². The van der Waals surface area contributed by atoms with Crippen molar-refractivity contribution in [1.82, 2.24) is 0 Å². The van der Waals surface area contributed by atoms with Crippen molar-refractivity contribution < 1.29 is 23.9 Å². The second kappa shape index (κ2) is 9.85. The van der Waals surface area contributed by atoms with Crippen LogP contribution in [-0.4, -0.2) is 30.9 Å². The number of hydrogen-bond acceptors (Lipinski definition) is 5. The Kier molecular flexibility index (Phi) is 8.16. The number of Topliss-reactive ketones (excluding diaryl/α,β-unsaturated/α-hetero) is 1. The zero-order valence-electron chi connectivity index (χ0n) is 14.8. The van der Waals surface area contributed by atoms with Gasteiger partial charge in [0.1, 0.15) is 0 Å². The molecule has 0 heterocycles. The van der Waals surface area contributed by atoms with E-state index >= 15 is 0 Å². The standard InChI is InChI=1S/C19H26O5/c1-13(2)9-11-23-18(21)16-8-6-5-7-15(16)17(20)19(22)24-12-10-14(3)4/h5-8,13-14H,9-12H2,1-4H3. The molecule has 1 aromatic rings. The summed E-state index contributed by atoms with van der Waals surface area (Å²) in [5.74, 6) is -1.59. The van der Waals surface area contributed by atoms with Crippen molar-refractivity contribution in [2.75, 3.05) is 13.2 Å². The lowest BCUT2D eigenvalue weighted by Gasteiger charge is -2.10. The molecule has 0 unspecified atom stereocenters. The fourth-order valence-electron chi connectivity index (χ4n) is 1.89. The van der Waals surface area contributed by atoms with Crippen LogP contribution in [0.3, 0.4) is 0 Å². The minimum atomic E-state index is -0.946. The van der Waals surface area contributed by atoms with E-state index < -0.39 is 17.7 Å². The molecular weight excluding hydrogens is 308 g/mol. The van der Waals surface area contributed by atoms with E-state index in [0.717, 1.165) is 6.42 Å². The number of hydrogen-bond donors (Lipinski definition) is 0. The fraction of sp³-hybridized carbons (Fsp3) is 0.526. The number of esters is 2. The first-order chi connectivity index (χ1) is 11.3. The molecular formula is C19H26O5. The average Bonchev–Trinajstić information content (AvgIpc) is 2.53. The van der Waals surface area contributed by atoms with Crippen molar-refractivity contribution in [3.05, 3.63) is 35.4 Å². The molecule has 0 spiro atoms. The van der Waals surface area contributed by atoms with Crippen LogP contribution in [0.2, 0.25) is 0 Å². The van der Waals surface area contributed by atoms with E-state index in [9.17, 15) is 14.4 Å². The Hall–Kier alpha value is -2.17. The zero-order chi connectivity index (χ0) is 18.1. The third kappa shape index (κ3) is 6.52. The Balaban J connectivity index is 2.75. The van der Waals surface area contributed by atoms with E-state index in [2.05, 4.69) is 0 Å². The van der Waals surface area contributed by atoms with Gasteiger partial charge in [0, 0.05) is 5.56 Å².